The van der Waals surface area contributed by atoms with Gasteiger partial charge >= 0.3 is 0 Å². The fourth-order valence-corrected chi connectivity index (χ4v) is 1.86. The average Bonchev–Trinajstić information content (AvgIpc) is 2.27. The molecule has 3 N–H and O–H groups in total. The maximum atomic E-state index is 9.02. The van der Waals surface area contributed by atoms with E-state index in [1.807, 2.05) is 18.2 Å². The van der Waals surface area contributed by atoms with Gasteiger partial charge in [0, 0.05) is 0 Å². The second-order valence-electron chi connectivity index (χ2n) is 3.57. The molecule has 0 amide bonds. The van der Waals surface area contributed by atoms with Crippen LogP contribution in [0.2, 0.25) is 0 Å². The van der Waals surface area contributed by atoms with Gasteiger partial charge in [0.05, 0.1) is 19.3 Å². The Hall–Kier alpha value is -1.06. The Balaban J connectivity index is 2.39. The van der Waals surface area contributed by atoms with Crippen LogP contribution in [0.4, 0.5) is 0 Å². The smallest absolute Gasteiger partial charge is 0.122 e. The molecule has 2 rings (SSSR count). The van der Waals surface area contributed by atoms with E-state index in [-0.39, 0.29) is 12.6 Å². The standard InChI is InChI=1S/C11H15NO2/c12-10(7-13)8-3-1-5-11-9(8)4-2-6-14-11/h1,3,5,10,13H,2,4,6-7,12H2. The summed E-state index contributed by atoms with van der Waals surface area (Å²) in [5.41, 5.74) is 8.00. The van der Waals surface area contributed by atoms with Gasteiger partial charge in [-0.15, -0.1) is 0 Å². The largest absolute Gasteiger partial charge is 0.493 e. The Morgan fingerprint density at radius 1 is 1.50 bits per heavy atom. The molecule has 1 aliphatic rings. The van der Waals surface area contributed by atoms with E-state index in [0.29, 0.717) is 0 Å². The van der Waals surface area contributed by atoms with Crippen LogP contribution >= 0.6 is 0 Å². The van der Waals surface area contributed by atoms with E-state index in [9.17, 15) is 0 Å². The van der Waals surface area contributed by atoms with E-state index in [1.54, 1.807) is 0 Å². The van der Waals surface area contributed by atoms with E-state index in [2.05, 4.69) is 0 Å². The first-order chi connectivity index (χ1) is 6.83. The lowest BCUT2D eigenvalue weighted by Crippen LogP contribution is -2.19. The molecule has 0 radical (unpaired) electrons. The van der Waals surface area contributed by atoms with Gasteiger partial charge in [-0.25, -0.2) is 0 Å². The van der Waals surface area contributed by atoms with Crippen LogP contribution in [0.15, 0.2) is 18.2 Å². The van der Waals surface area contributed by atoms with E-state index in [0.717, 1.165) is 30.8 Å². The molecule has 0 spiro atoms. The van der Waals surface area contributed by atoms with Crippen molar-refractivity contribution in [2.24, 2.45) is 5.73 Å². The molecule has 0 fully saturated rings. The van der Waals surface area contributed by atoms with Gasteiger partial charge in [-0.2, -0.15) is 0 Å². The molecular formula is C11H15NO2. The van der Waals surface area contributed by atoms with Crippen molar-refractivity contribution in [1.82, 2.24) is 0 Å². The second-order valence-corrected chi connectivity index (χ2v) is 3.57. The van der Waals surface area contributed by atoms with Crippen LogP contribution in [0.5, 0.6) is 5.75 Å². The minimum atomic E-state index is -0.286. The van der Waals surface area contributed by atoms with Gasteiger partial charge in [-0.05, 0) is 30.0 Å². The third-order valence-electron chi connectivity index (χ3n) is 2.59. The van der Waals surface area contributed by atoms with E-state index >= 15 is 0 Å². The third-order valence-corrected chi connectivity index (χ3v) is 2.59. The highest BCUT2D eigenvalue weighted by molar-refractivity contribution is 5.43. The highest BCUT2D eigenvalue weighted by Gasteiger charge is 2.17. The molecule has 0 aromatic heterocycles. The van der Waals surface area contributed by atoms with Crippen molar-refractivity contribution in [3.05, 3.63) is 29.3 Å². The van der Waals surface area contributed by atoms with Crippen molar-refractivity contribution in [2.45, 2.75) is 18.9 Å². The van der Waals surface area contributed by atoms with Crippen LogP contribution < -0.4 is 10.5 Å². The molecular weight excluding hydrogens is 178 g/mol. The van der Waals surface area contributed by atoms with Gasteiger partial charge < -0.3 is 15.6 Å². The van der Waals surface area contributed by atoms with Crippen molar-refractivity contribution < 1.29 is 9.84 Å². The zero-order valence-corrected chi connectivity index (χ0v) is 8.07. The number of rotatable bonds is 2. The second kappa shape index (κ2) is 3.98. The molecule has 1 atom stereocenters. The fourth-order valence-electron chi connectivity index (χ4n) is 1.86. The zero-order valence-electron chi connectivity index (χ0n) is 8.07. The van der Waals surface area contributed by atoms with E-state index in [1.165, 1.54) is 5.56 Å². The SMILES string of the molecule is NC(CO)c1cccc2c1CCCO2. The maximum absolute atomic E-state index is 9.02. The van der Waals surface area contributed by atoms with Crippen molar-refractivity contribution in [3.63, 3.8) is 0 Å². The predicted octanol–water partition coefficient (Wildman–Crippen LogP) is 1.00. The number of ether oxygens (including phenoxy) is 1. The quantitative estimate of drug-likeness (QED) is 0.736. The summed E-state index contributed by atoms with van der Waals surface area (Å²) in [6, 6.07) is 5.57. The molecule has 3 nitrogen and oxygen atoms in total. The number of nitrogens with two attached hydrogens (primary N) is 1. The monoisotopic (exact) mass is 193 g/mol. The van der Waals surface area contributed by atoms with Gasteiger partial charge in [-0.1, -0.05) is 12.1 Å². The summed E-state index contributed by atoms with van der Waals surface area (Å²) < 4.78 is 5.52. The van der Waals surface area contributed by atoms with Crippen LogP contribution in [-0.4, -0.2) is 18.3 Å². The summed E-state index contributed by atoms with van der Waals surface area (Å²) in [5, 5.41) is 9.02. The van der Waals surface area contributed by atoms with Gasteiger partial charge in [0.2, 0.25) is 0 Å². The molecule has 1 aliphatic heterocycles. The Labute approximate surface area is 83.5 Å². The Morgan fingerprint density at radius 2 is 2.36 bits per heavy atom. The molecule has 1 aromatic rings. The molecule has 0 saturated heterocycles. The molecule has 0 bridgehead atoms. The molecule has 0 saturated carbocycles. The minimum absolute atomic E-state index is 0.0174. The molecule has 14 heavy (non-hydrogen) atoms. The van der Waals surface area contributed by atoms with Gasteiger partial charge in [-0.3, -0.25) is 0 Å². The summed E-state index contributed by atoms with van der Waals surface area (Å²) in [7, 11) is 0. The molecule has 0 aliphatic carbocycles. The highest BCUT2D eigenvalue weighted by atomic mass is 16.5. The van der Waals surface area contributed by atoms with E-state index < -0.39 is 0 Å². The Morgan fingerprint density at radius 3 is 3.14 bits per heavy atom. The third kappa shape index (κ3) is 1.61. The van der Waals surface area contributed by atoms with Gasteiger partial charge in [0.25, 0.3) is 0 Å². The topological polar surface area (TPSA) is 55.5 Å². The number of fused-ring (bicyclic) bond motifs is 1. The summed E-state index contributed by atoms with van der Waals surface area (Å²) in [4.78, 5) is 0. The van der Waals surface area contributed by atoms with Crippen molar-refractivity contribution in [2.75, 3.05) is 13.2 Å². The summed E-state index contributed by atoms with van der Waals surface area (Å²) in [5.74, 6) is 0.928. The predicted molar refractivity (Wildman–Crippen MR) is 54.3 cm³/mol. The number of benzene rings is 1. The summed E-state index contributed by atoms with van der Waals surface area (Å²) >= 11 is 0. The molecule has 1 unspecified atom stereocenters. The van der Waals surface area contributed by atoms with Crippen molar-refractivity contribution in [1.29, 1.82) is 0 Å². The first kappa shape index (κ1) is 9.49. The lowest BCUT2D eigenvalue weighted by atomic mass is 9.96. The summed E-state index contributed by atoms with van der Waals surface area (Å²) in [6.07, 6.45) is 2.03. The Bertz CT molecular complexity index is 325. The zero-order chi connectivity index (χ0) is 9.97. The summed E-state index contributed by atoms with van der Waals surface area (Å²) in [6.45, 7) is 0.765. The first-order valence-corrected chi connectivity index (χ1v) is 4.94. The fraction of sp³-hybridized carbons (Fsp3) is 0.455. The van der Waals surface area contributed by atoms with Crippen LogP contribution in [-0.2, 0) is 6.42 Å². The number of aliphatic hydroxyl groups excluding tert-OH is 1. The van der Waals surface area contributed by atoms with Crippen LogP contribution in [0.1, 0.15) is 23.6 Å². The average molecular weight is 193 g/mol. The molecule has 1 aromatic carbocycles. The Kier molecular flexibility index (Phi) is 2.70. The number of hydrogen-bond donors (Lipinski definition) is 2. The van der Waals surface area contributed by atoms with Gasteiger partial charge in [0.1, 0.15) is 5.75 Å². The van der Waals surface area contributed by atoms with E-state index in [4.69, 9.17) is 15.6 Å². The molecule has 1 heterocycles. The highest BCUT2D eigenvalue weighted by Crippen LogP contribution is 2.30. The lowest BCUT2D eigenvalue weighted by molar-refractivity contribution is 0.262. The van der Waals surface area contributed by atoms with Crippen LogP contribution in [0, 0.1) is 0 Å². The van der Waals surface area contributed by atoms with Crippen LogP contribution in [0.25, 0.3) is 0 Å². The first-order valence-electron chi connectivity index (χ1n) is 4.94. The van der Waals surface area contributed by atoms with Gasteiger partial charge in [0.15, 0.2) is 0 Å². The number of hydrogen-bond acceptors (Lipinski definition) is 3. The van der Waals surface area contributed by atoms with Crippen LogP contribution in [0.3, 0.4) is 0 Å². The minimum Gasteiger partial charge on any atom is -0.493 e. The molecule has 76 valence electrons. The molecule has 3 heteroatoms. The normalized spacial score (nSPS) is 17.0. The maximum Gasteiger partial charge on any atom is 0.122 e. The van der Waals surface area contributed by atoms with Crippen molar-refractivity contribution >= 4 is 0 Å². The number of aliphatic hydroxyl groups is 1. The van der Waals surface area contributed by atoms with Crippen molar-refractivity contribution in [3.8, 4) is 5.75 Å². The lowest BCUT2D eigenvalue weighted by Gasteiger charge is -2.22.